The molecule has 0 aliphatic heterocycles. The molecule has 1 aliphatic rings. The van der Waals surface area contributed by atoms with Crippen molar-refractivity contribution in [3.05, 3.63) is 0 Å². The van der Waals surface area contributed by atoms with Crippen molar-refractivity contribution in [2.75, 3.05) is 19.6 Å². The highest BCUT2D eigenvalue weighted by Gasteiger charge is 2.20. The Hall–Kier alpha value is -0.530. The van der Waals surface area contributed by atoms with Crippen molar-refractivity contribution < 1.29 is 9.53 Å². The third kappa shape index (κ3) is 13.9. The average Bonchev–Trinajstić information content (AvgIpc) is 3.25. The smallest absolute Gasteiger partial charge is 0.306 e. The Morgan fingerprint density at radius 2 is 1.79 bits per heavy atom. The van der Waals surface area contributed by atoms with Gasteiger partial charge >= 0.3 is 5.97 Å². The zero-order valence-electron chi connectivity index (χ0n) is 15.8. The molecule has 0 radical (unpaired) electrons. The molecule has 0 amide bonds. The van der Waals surface area contributed by atoms with Crippen LogP contribution in [0, 0.1) is 5.92 Å². The first kappa shape index (κ1) is 23.5. The van der Waals surface area contributed by atoms with Gasteiger partial charge in [-0.1, -0.05) is 12.8 Å². The molecule has 0 spiro atoms. The zero-order valence-corrected chi connectivity index (χ0v) is 18.2. The van der Waals surface area contributed by atoms with Crippen LogP contribution in [0.1, 0.15) is 72.6 Å². The second-order valence-corrected chi connectivity index (χ2v) is 7.34. The topological polar surface area (TPSA) is 62.7 Å². The van der Waals surface area contributed by atoms with E-state index in [2.05, 4.69) is 22.5 Å². The third-order valence-electron chi connectivity index (χ3n) is 3.57. The summed E-state index contributed by atoms with van der Waals surface area (Å²) in [6.07, 6.45) is 7.39. The molecule has 6 heteroatoms. The van der Waals surface area contributed by atoms with Crippen LogP contribution in [0.5, 0.6) is 0 Å². The van der Waals surface area contributed by atoms with E-state index in [1.54, 1.807) is 0 Å². The van der Waals surface area contributed by atoms with Crippen molar-refractivity contribution in [1.82, 2.24) is 10.6 Å². The standard InChI is InChI=1S/C18H35N3O2.HI/c1-5-19-17(21-14-15-11-12-15)20-13-9-7-6-8-10-16(22)23-18(2,3)4;/h15H,5-14H2,1-4H3,(H2,19,20,21);1H. The maximum atomic E-state index is 11.6. The molecule has 0 heterocycles. The largest absolute Gasteiger partial charge is 0.460 e. The number of hydrogen-bond acceptors (Lipinski definition) is 3. The molecule has 0 unspecified atom stereocenters. The molecule has 1 saturated carbocycles. The maximum Gasteiger partial charge on any atom is 0.306 e. The molecule has 0 atom stereocenters. The average molecular weight is 453 g/mol. The van der Waals surface area contributed by atoms with E-state index in [4.69, 9.17) is 4.74 Å². The fourth-order valence-electron chi connectivity index (χ4n) is 2.21. The lowest BCUT2D eigenvalue weighted by Crippen LogP contribution is -2.38. The van der Waals surface area contributed by atoms with Gasteiger partial charge in [-0.2, -0.15) is 0 Å². The van der Waals surface area contributed by atoms with E-state index >= 15 is 0 Å². The fraction of sp³-hybridized carbons (Fsp3) is 0.889. The molecular weight excluding hydrogens is 417 g/mol. The fourth-order valence-corrected chi connectivity index (χ4v) is 2.21. The van der Waals surface area contributed by atoms with Gasteiger partial charge in [0.15, 0.2) is 5.96 Å². The van der Waals surface area contributed by atoms with E-state index in [-0.39, 0.29) is 35.5 Å². The molecule has 0 saturated heterocycles. The van der Waals surface area contributed by atoms with Gasteiger partial charge in [0.05, 0.1) is 0 Å². The Balaban J connectivity index is 0.00000529. The van der Waals surface area contributed by atoms with Crippen LogP contribution < -0.4 is 10.6 Å². The van der Waals surface area contributed by atoms with E-state index in [1.807, 2.05) is 20.8 Å². The zero-order chi connectivity index (χ0) is 17.1. The number of guanidine groups is 1. The lowest BCUT2D eigenvalue weighted by atomic mass is 10.1. The maximum absolute atomic E-state index is 11.6. The van der Waals surface area contributed by atoms with Gasteiger partial charge in [-0.05, 0) is 59.3 Å². The van der Waals surface area contributed by atoms with Crippen LogP contribution in [0.4, 0.5) is 0 Å². The van der Waals surface area contributed by atoms with E-state index in [9.17, 15) is 4.79 Å². The van der Waals surface area contributed by atoms with Crippen molar-refractivity contribution in [2.24, 2.45) is 10.9 Å². The van der Waals surface area contributed by atoms with Crippen molar-refractivity contribution >= 4 is 35.9 Å². The molecule has 1 fully saturated rings. The minimum Gasteiger partial charge on any atom is -0.460 e. The number of esters is 1. The van der Waals surface area contributed by atoms with Crippen LogP contribution in [0.25, 0.3) is 0 Å². The van der Waals surface area contributed by atoms with Gasteiger partial charge in [0.1, 0.15) is 5.60 Å². The molecule has 0 aromatic carbocycles. The van der Waals surface area contributed by atoms with Crippen LogP contribution in [0.15, 0.2) is 4.99 Å². The number of carbonyl (C=O) groups is 1. The van der Waals surface area contributed by atoms with Crippen molar-refractivity contribution in [3.8, 4) is 0 Å². The molecule has 5 nitrogen and oxygen atoms in total. The highest BCUT2D eigenvalue weighted by molar-refractivity contribution is 14.0. The van der Waals surface area contributed by atoms with Gasteiger partial charge < -0.3 is 15.4 Å². The predicted octanol–water partition coefficient (Wildman–Crippen LogP) is 3.86. The Bertz CT molecular complexity index is 377. The van der Waals surface area contributed by atoms with Gasteiger partial charge in [-0.3, -0.25) is 9.79 Å². The first-order valence-corrected chi connectivity index (χ1v) is 9.14. The van der Waals surface area contributed by atoms with Gasteiger partial charge in [0, 0.05) is 26.1 Å². The first-order chi connectivity index (χ1) is 10.9. The molecule has 0 bridgehead atoms. The Morgan fingerprint density at radius 1 is 1.12 bits per heavy atom. The predicted molar refractivity (Wildman–Crippen MR) is 111 cm³/mol. The minimum atomic E-state index is -0.372. The number of carbonyl (C=O) groups excluding carboxylic acids is 1. The Labute approximate surface area is 164 Å². The number of nitrogens with one attached hydrogen (secondary N) is 2. The molecule has 1 aliphatic carbocycles. The normalized spacial score (nSPS) is 14.8. The van der Waals surface area contributed by atoms with Crippen LogP contribution in [0.3, 0.4) is 0 Å². The van der Waals surface area contributed by atoms with Gasteiger partial charge in [-0.15, -0.1) is 24.0 Å². The van der Waals surface area contributed by atoms with E-state index in [1.165, 1.54) is 12.8 Å². The summed E-state index contributed by atoms with van der Waals surface area (Å²) in [5.41, 5.74) is -0.372. The SMILES string of the molecule is CCNC(=NCC1CC1)NCCCCCCC(=O)OC(C)(C)C.I. The highest BCUT2D eigenvalue weighted by Crippen LogP contribution is 2.28. The van der Waals surface area contributed by atoms with E-state index in [0.29, 0.717) is 6.42 Å². The van der Waals surface area contributed by atoms with Crippen LogP contribution >= 0.6 is 24.0 Å². The van der Waals surface area contributed by atoms with Gasteiger partial charge in [0.25, 0.3) is 0 Å². The van der Waals surface area contributed by atoms with Gasteiger partial charge in [0.2, 0.25) is 0 Å². The highest BCUT2D eigenvalue weighted by atomic mass is 127. The quantitative estimate of drug-likeness (QED) is 0.173. The number of unbranched alkanes of at least 4 members (excludes halogenated alkanes) is 3. The van der Waals surface area contributed by atoms with Crippen molar-refractivity contribution in [1.29, 1.82) is 0 Å². The molecule has 0 aromatic rings. The van der Waals surface area contributed by atoms with E-state index < -0.39 is 0 Å². The molecule has 1 rings (SSSR count). The summed E-state index contributed by atoms with van der Waals surface area (Å²) in [5.74, 6) is 1.67. The summed E-state index contributed by atoms with van der Waals surface area (Å²) in [4.78, 5) is 16.2. The number of aliphatic imine (C=N–C) groups is 1. The first-order valence-electron chi connectivity index (χ1n) is 9.14. The van der Waals surface area contributed by atoms with E-state index in [0.717, 1.165) is 57.2 Å². The summed E-state index contributed by atoms with van der Waals surface area (Å²) in [5, 5.41) is 6.66. The van der Waals surface area contributed by atoms with Crippen molar-refractivity contribution in [3.63, 3.8) is 0 Å². The molecule has 2 N–H and O–H groups in total. The minimum absolute atomic E-state index is 0. The molecule has 24 heavy (non-hydrogen) atoms. The second-order valence-electron chi connectivity index (χ2n) is 7.34. The molecule has 142 valence electrons. The molecule has 0 aromatic heterocycles. The number of rotatable bonds is 10. The lowest BCUT2D eigenvalue weighted by Gasteiger charge is -2.19. The second kappa shape index (κ2) is 12.8. The summed E-state index contributed by atoms with van der Waals surface area (Å²) < 4.78 is 5.30. The Kier molecular flexibility index (Phi) is 12.5. The summed E-state index contributed by atoms with van der Waals surface area (Å²) in [7, 11) is 0. The van der Waals surface area contributed by atoms with Gasteiger partial charge in [-0.25, -0.2) is 0 Å². The summed E-state index contributed by atoms with van der Waals surface area (Å²) >= 11 is 0. The van der Waals surface area contributed by atoms with Crippen LogP contribution in [0.2, 0.25) is 0 Å². The summed E-state index contributed by atoms with van der Waals surface area (Å²) in [6.45, 7) is 10.6. The Morgan fingerprint density at radius 3 is 2.38 bits per heavy atom. The number of hydrogen-bond donors (Lipinski definition) is 2. The number of nitrogens with zero attached hydrogens (tertiary/aromatic N) is 1. The third-order valence-corrected chi connectivity index (χ3v) is 3.57. The van der Waals surface area contributed by atoms with Crippen molar-refractivity contribution in [2.45, 2.75) is 78.2 Å². The van der Waals surface area contributed by atoms with Crippen LogP contribution in [-0.4, -0.2) is 37.2 Å². The number of ether oxygens (including phenoxy) is 1. The van der Waals surface area contributed by atoms with Crippen LogP contribution in [-0.2, 0) is 9.53 Å². The monoisotopic (exact) mass is 453 g/mol. The number of halogens is 1. The molecular formula is C18H36IN3O2. The lowest BCUT2D eigenvalue weighted by molar-refractivity contribution is -0.154. The summed E-state index contributed by atoms with van der Waals surface area (Å²) in [6, 6.07) is 0.